The van der Waals surface area contributed by atoms with Crippen LogP contribution in [0.15, 0.2) is 28.7 Å². The quantitative estimate of drug-likeness (QED) is 0.405. The Balaban J connectivity index is 1.53. The molecule has 11 nitrogen and oxygen atoms in total. The van der Waals surface area contributed by atoms with Crippen molar-refractivity contribution in [2.75, 3.05) is 20.8 Å². The monoisotopic (exact) mass is 575 g/mol. The van der Waals surface area contributed by atoms with Crippen LogP contribution in [0.1, 0.15) is 54.2 Å². The minimum Gasteiger partial charge on any atom is -0.494 e. The van der Waals surface area contributed by atoms with Gasteiger partial charge in [-0.15, -0.1) is 0 Å². The molecule has 2 aliphatic rings. The lowest BCUT2D eigenvalue weighted by Crippen LogP contribution is -2.42. The van der Waals surface area contributed by atoms with Crippen LogP contribution in [0.2, 0.25) is 0 Å². The van der Waals surface area contributed by atoms with Crippen LogP contribution in [-0.4, -0.2) is 65.5 Å². The molecule has 0 radical (unpaired) electrons. The number of esters is 1. The van der Waals surface area contributed by atoms with Gasteiger partial charge in [0.15, 0.2) is 11.5 Å². The van der Waals surface area contributed by atoms with Crippen LogP contribution in [0, 0.1) is 5.92 Å². The fraction of sp³-hybridized carbons (Fsp3) is 0.444. The molecule has 2 amide bonds. The van der Waals surface area contributed by atoms with Gasteiger partial charge in [0.1, 0.15) is 23.0 Å². The number of carbonyl (C=O) groups excluding carboxylic acids is 3. The minimum absolute atomic E-state index is 0.0166. The Labute approximate surface area is 232 Å². The molecule has 0 bridgehead atoms. The number of hydrogen-bond donors (Lipinski definition) is 2. The number of methoxy groups -OCH3 is 2. The molecule has 218 valence electrons. The number of likely N-dealkylation sites (tertiary alicyclic amines) is 1. The summed E-state index contributed by atoms with van der Waals surface area (Å²) in [6.07, 6.45) is -2.92. The van der Waals surface area contributed by atoms with E-state index in [0.29, 0.717) is 0 Å². The summed E-state index contributed by atoms with van der Waals surface area (Å²) in [6, 6.07) is 2.74. The lowest BCUT2D eigenvalue weighted by molar-refractivity contribution is -0.145. The standard InChI is InChI=1S/C27H28F3N5O6/c1-12(31)22-21(25(37)35-11-14(10-17(35)26(38)40-3)32-23(36)13-4-5-13)34-24(41-22)16-6-8-18(39-2)20-15(16)7-9-19(33-20)27(28,29)30/h6-9,12-14,17H,4-5,10-11,31H2,1-3H3,(H,32,36)/t12-,14+,17-/m0/s1. The molecule has 1 saturated heterocycles. The zero-order valence-electron chi connectivity index (χ0n) is 22.4. The van der Waals surface area contributed by atoms with Crippen molar-refractivity contribution < 1.29 is 41.4 Å². The van der Waals surface area contributed by atoms with Crippen molar-refractivity contribution in [3.63, 3.8) is 0 Å². The average molecular weight is 576 g/mol. The van der Waals surface area contributed by atoms with Gasteiger partial charge in [-0.05, 0) is 44.0 Å². The summed E-state index contributed by atoms with van der Waals surface area (Å²) >= 11 is 0. The van der Waals surface area contributed by atoms with E-state index in [1.807, 2.05) is 0 Å². The summed E-state index contributed by atoms with van der Waals surface area (Å²) in [7, 11) is 2.51. The molecule has 3 aromatic rings. The fourth-order valence-corrected chi connectivity index (χ4v) is 4.94. The molecule has 1 saturated carbocycles. The van der Waals surface area contributed by atoms with Crippen molar-refractivity contribution >= 4 is 28.7 Å². The molecule has 3 N–H and O–H groups in total. The molecule has 0 spiro atoms. The summed E-state index contributed by atoms with van der Waals surface area (Å²) < 4.78 is 56.1. The number of hydrogen-bond acceptors (Lipinski definition) is 9. The van der Waals surface area contributed by atoms with Crippen molar-refractivity contribution in [3.05, 3.63) is 41.4 Å². The van der Waals surface area contributed by atoms with E-state index in [1.165, 1.54) is 37.3 Å². The van der Waals surface area contributed by atoms with Crippen LogP contribution in [0.5, 0.6) is 5.75 Å². The molecule has 41 heavy (non-hydrogen) atoms. The summed E-state index contributed by atoms with van der Waals surface area (Å²) in [4.78, 5) is 48.2. The van der Waals surface area contributed by atoms with Gasteiger partial charge in [0, 0.05) is 35.9 Å². The molecule has 3 heterocycles. The number of oxazole rings is 1. The SMILES string of the molecule is COC(=O)[C@@H]1C[C@@H](NC(=O)C2CC2)CN1C(=O)c1nc(-c2ccc(OC)c3nc(C(F)(F)F)ccc23)oc1[C@H](C)N. The van der Waals surface area contributed by atoms with Crippen LogP contribution in [0.3, 0.4) is 0 Å². The maximum Gasteiger partial charge on any atom is 0.433 e. The zero-order chi connectivity index (χ0) is 29.6. The van der Waals surface area contributed by atoms with Crippen molar-refractivity contribution in [1.29, 1.82) is 0 Å². The molecule has 0 unspecified atom stereocenters. The second kappa shape index (κ2) is 10.7. The lowest BCUT2D eigenvalue weighted by Gasteiger charge is -2.22. The molecule has 1 aliphatic carbocycles. The van der Waals surface area contributed by atoms with Gasteiger partial charge in [0.25, 0.3) is 5.91 Å². The number of benzene rings is 1. The van der Waals surface area contributed by atoms with E-state index >= 15 is 0 Å². The number of fused-ring (bicyclic) bond motifs is 1. The third-order valence-electron chi connectivity index (χ3n) is 7.16. The molecule has 2 aromatic heterocycles. The Bertz CT molecular complexity index is 1520. The largest absolute Gasteiger partial charge is 0.494 e. The number of ether oxygens (including phenoxy) is 2. The van der Waals surface area contributed by atoms with Gasteiger partial charge < -0.3 is 29.8 Å². The van der Waals surface area contributed by atoms with Crippen LogP contribution in [-0.2, 0) is 20.5 Å². The van der Waals surface area contributed by atoms with E-state index in [2.05, 4.69) is 15.3 Å². The predicted molar refractivity (Wildman–Crippen MR) is 138 cm³/mol. The minimum atomic E-state index is -4.68. The Kier molecular flexibility index (Phi) is 7.36. The van der Waals surface area contributed by atoms with Crippen LogP contribution in [0.4, 0.5) is 13.2 Å². The Morgan fingerprint density at radius 3 is 2.49 bits per heavy atom. The number of carbonyl (C=O) groups is 3. The normalized spacial score (nSPS) is 19.7. The molecule has 1 aromatic carbocycles. The topological polar surface area (TPSA) is 150 Å². The number of halogens is 3. The number of nitrogens with one attached hydrogen (secondary N) is 1. The zero-order valence-corrected chi connectivity index (χ0v) is 22.4. The van der Waals surface area contributed by atoms with E-state index in [4.69, 9.17) is 19.6 Å². The number of nitrogens with zero attached hydrogens (tertiary/aromatic N) is 3. The van der Waals surface area contributed by atoms with Crippen molar-refractivity contribution in [2.45, 2.75) is 50.5 Å². The van der Waals surface area contributed by atoms with Crippen molar-refractivity contribution in [1.82, 2.24) is 20.2 Å². The maximum absolute atomic E-state index is 13.8. The summed E-state index contributed by atoms with van der Waals surface area (Å²) in [5.74, 6) is -1.46. The molecule has 2 fully saturated rings. The van der Waals surface area contributed by atoms with Crippen LogP contribution in [0.25, 0.3) is 22.4 Å². The summed E-state index contributed by atoms with van der Waals surface area (Å²) in [5, 5.41) is 3.13. The smallest absolute Gasteiger partial charge is 0.433 e. The highest BCUT2D eigenvalue weighted by Crippen LogP contribution is 2.38. The third kappa shape index (κ3) is 5.43. The Morgan fingerprint density at radius 2 is 1.88 bits per heavy atom. The number of pyridine rings is 1. The van der Waals surface area contributed by atoms with E-state index in [-0.39, 0.29) is 64.4 Å². The molecular weight excluding hydrogens is 547 g/mol. The van der Waals surface area contributed by atoms with Gasteiger partial charge in [-0.1, -0.05) is 0 Å². The first-order valence-corrected chi connectivity index (χ1v) is 12.9. The van der Waals surface area contributed by atoms with Gasteiger partial charge >= 0.3 is 12.1 Å². The first-order chi connectivity index (χ1) is 19.4. The Morgan fingerprint density at radius 1 is 1.15 bits per heavy atom. The highest BCUT2D eigenvalue weighted by atomic mass is 19.4. The van der Waals surface area contributed by atoms with Gasteiger partial charge in [0.2, 0.25) is 11.8 Å². The second-order valence-corrected chi connectivity index (χ2v) is 10.1. The highest BCUT2D eigenvalue weighted by molar-refractivity contribution is 5.99. The first kappa shape index (κ1) is 28.3. The number of alkyl halides is 3. The van der Waals surface area contributed by atoms with Gasteiger partial charge in [-0.2, -0.15) is 13.2 Å². The molecule has 1 aliphatic heterocycles. The van der Waals surface area contributed by atoms with E-state index in [9.17, 15) is 27.6 Å². The third-order valence-corrected chi connectivity index (χ3v) is 7.16. The first-order valence-electron chi connectivity index (χ1n) is 12.9. The molecule has 3 atom stereocenters. The van der Waals surface area contributed by atoms with E-state index in [1.54, 1.807) is 6.92 Å². The summed E-state index contributed by atoms with van der Waals surface area (Å²) in [6.45, 7) is 1.61. The van der Waals surface area contributed by atoms with E-state index < -0.39 is 41.9 Å². The van der Waals surface area contributed by atoms with Crippen LogP contribution >= 0.6 is 0 Å². The van der Waals surface area contributed by atoms with Crippen molar-refractivity contribution in [3.8, 4) is 17.2 Å². The van der Waals surface area contributed by atoms with Crippen LogP contribution < -0.4 is 15.8 Å². The van der Waals surface area contributed by atoms with Gasteiger partial charge in [-0.3, -0.25) is 9.59 Å². The lowest BCUT2D eigenvalue weighted by atomic mass is 10.1. The Hall–Kier alpha value is -4.20. The maximum atomic E-state index is 13.8. The number of aromatic nitrogens is 2. The average Bonchev–Trinajstić information content (AvgIpc) is 3.57. The summed E-state index contributed by atoms with van der Waals surface area (Å²) in [5.41, 5.74) is 5.02. The van der Waals surface area contributed by atoms with E-state index in [0.717, 1.165) is 18.9 Å². The van der Waals surface area contributed by atoms with Gasteiger partial charge in [-0.25, -0.2) is 14.8 Å². The molecular formula is C27H28F3N5O6. The van der Waals surface area contributed by atoms with Gasteiger partial charge in [0.05, 0.1) is 20.3 Å². The highest BCUT2D eigenvalue weighted by Gasteiger charge is 2.44. The van der Waals surface area contributed by atoms with Crippen molar-refractivity contribution in [2.24, 2.45) is 11.7 Å². The molecule has 14 heteroatoms. The fourth-order valence-electron chi connectivity index (χ4n) is 4.94. The predicted octanol–water partition coefficient (Wildman–Crippen LogP) is 3.22. The number of amides is 2. The molecule has 5 rings (SSSR count). The number of nitrogens with two attached hydrogens (primary N) is 1. The second-order valence-electron chi connectivity index (χ2n) is 10.1. The number of rotatable bonds is 7.